The molecule has 38 heavy (non-hydrogen) atoms. The van der Waals surface area contributed by atoms with Crippen molar-refractivity contribution in [3.05, 3.63) is 33.4 Å². The van der Waals surface area contributed by atoms with Crippen LogP contribution in [0.3, 0.4) is 0 Å². The molecule has 1 N–H and O–H groups in total. The molecule has 2 aliphatic rings. The van der Waals surface area contributed by atoms with E-state index < -0.39 is 11.9 Å². The van der Waals surface area contributed by atoms with Gasteiger partial charge in [0.25, 0.3) is 5.88 Å². The number of fused-ring (bicyclic) bond motifs is 1. The molecule has 198 valence electrons. The number of aryl methyl sites for hydroxylation is 2. The number of hydrogen-bond donors (Lipinski definition) is 1. The molecule has 0 bridgehead atoms. The van der Waals surface area contributed by atoms with Crippen molar-refractivity contribution in [3.63, 3.8) is 0 Å². The number of nitrogens with zero attached hydrogens (tertiary/aromatic N) is 5. The second-order valence-corrected chi connectivity index (χ2v) is 11.0. The van der Waals surface area contributed by atoms with Gasteiger partial charge < -0.3 is 14.7 Å². The molecule has 1 aliphatic heterocycles. The van der Waals surface area contributed by atoms with Gasteiger partial charge in [0.2, 0.25) is 0 Å². The zero-order valence-corrected chi connectivity index (χ0v) is 23.9. The summed E-state index contributed by atoms with van der Waals surface area (Å²) in [6.07, 6.45) is 3.63. The van der Waals surface area contributed by atoms with Crippen LogP contribution in [0.2, 0.25) is 0 Å². The van der Waals surface area contributed by atoms with E-state index in [0.717, 1.165) is 52.0 Å². The molecule has 1 amide bonds. The van der Waals surface area contributed by atoms with Gasteiger partial charge in [0, 0.05) is 23.7 Å². The molecular weight excluding hydrogens is 597 g/mol. The van der Waals surface area contributed by atoms with Crippen LogP contribution in [0.25, 0.3) is 11.0 Å². The highest BCUT2D eigenvalue weighted by Gasteiger charge is 2.32. The molecule has 1 aromatic carbocycles. The number of anilines is 3. The largest absolute Gasteiger partial charge is 0.481 e. The van der Waals surface area contributed by atoms with Crippen LogP contribution in [0.15, 0.2) is 24.3 Å². The van der Waals surface area contributed by atoms with Crippen molar-refractivity contribution < 1.29 is 19.4 Å². The average molecular weight is 627 g/mol. The Balaban J connectivity index is 1.60. The molecule has 5 rings (SSSR count). The number of hydrogen-bond acceptors (Lipinski definition) is 6. The van der Waals surface area contributed by atoms with Gasteiger partial charge in [-0.05, 0) is 104 Å². The van der Waals surface area contributed by atoms with Crippen molar-refractivity contribution in [1.82, 2.24) is 14.8 Å². The molecule has 1 saturated heterocycles. The normalized spacial score (nSPS) is 18.9. The summed E-state index contributed by atoms with van der Waals surface area (Å²) in [5.41, 5.74) is 4.07. The number of carbonyl (C=O) groups excluding carboxylic acids is 1. The third-order valence-electron chi connectivity index (χ3n) is 7.27. The second kappa shape index (κ2) is 10.8. The summed E-state index contributed by atoms with van der Waals surface area (Å²) >= 11 is 2.33. The monoisotopic (exact) mass is 627 g/mol. The van der Waals surface area contributed by atoms with Gasteiger partial charge in [-0.1, -0.05) is 5.92 Å². The molecular formula is C28H30IN5O4. The lowest BCUT2D eigenvalue weighted by Crippen LogP contribution is -2.29. The molecule has 3 heterocycles. The van der Waals surface area contributed by atoms with Crippen LogP contribution in [-0.4, -0.2) is 50.9 Å². The number of rotatable bonds is 6. The number of aromatic nitrogens is 3. The van der Waals surface area contributed by atoms with Crippen LogP contribution in [-0.2, 0) is 16.6 Å². The number of pyridine rings is 1. The van der Waals surface area contributed by atoms with E-state index in [4.69, 9.17) is 9.72 Å². The molecule has 0 spiro atoms. The minimum Gasteiger partial charge on any atom is -0.481 e. The Morgan fingerprint density at radius 2 is 1.97 bits per heavy atom. The highest BCUT2D eigenvalue weighted by atomic mass is 127. The first-order valence-electron chi connectivity index (χ1n) is 12.8. The maximum Gasteiger partial charge on any atom is 0.308 e. The summed E-state index contributed by atoms with van der Waals surface area (Å²) < 4.78 is 9.00. The van der Waals surface area contributed by atoms with E-state index in [0.29, 0.717) is 36.5 Å². The van der Waals surface area contributed by atoms with Crippen LogP contribution >= 0.6 is 22.6 Å². The van der Waals surface area contributed by atoms with E-state index >= 15 is 0 Å². The Hall–Kier alpha value is -3.33. The van der Waals surface area contributed by atoms with Gasteiger partial charge >= 0.3 is 11.9 Å². The van der Waals surface area contributed by atoms with Gasteiger partial charge in [-0.3, -0.25) is 19.2 Å². The minimum absolute atomic E-state index is 0.246. The Bertz CT molecular complexity index is 1470. The topological polar surface area (TPSA) is 101 Å². The standard InChI is InChI=1S/C28H30IN5O4/c1-4-7-25(35)34(23-14-17(2)20(29)16-22(23)33-12-5-6-13-33)24-11-10-21-26(30-24)27(31-32(21)3)38-19-9-8-18(15-19)28(36)37/h10-11,14,16,18-19H,5-6,8-9,12-13,15H2,1-3H3,(H,36,37)/t18-,19-/m1/s1. The summed E-state index contributed by atoms with van der Waals surface area (Å²) in [7, 11) is 1.81. The molecule has 3 aromatic rings. The maximum atomic E-state index is 13.5. The molecule has 1 aliphatic carbocycles. The molecule has 0 radical (unpaired) electrons. The summed E-state index contributed by atoms with van der Waals surface area (Å²) in [5, 5.41) is 13.9. The number of halogens is 1. The number of carbonyl (C=O) groups is 2. The first kappa shape index (κ1) is 26.3. The van der Waals surface area contributed by atoms with Crippen LogP contribution in [0.1, 0.15) is 44.6 Å². The molecule has 2 aromatic heterocycles. The lowest BCUT2D eigenvalue weighted by molar-refractivity contribution is -0.141. The number of amides is 1. The third kappa shape index (κ3) is 5.04. The Kier molecular flexibility index (Phi) is 7.47. The first-order valence-corrected chi connectivity index (χ1v) is 13.9. The fourth-order valence-corrected chi connectivity index (χ4v) is 5.73. The predicted octanol–water partition coefficient (Wildman–Crippen LogP) is 4.80. The van der Waals surface area contributed by atoms with Crippen LogP contribution in [0.4, 0.5) is 17.2 Å². The summed E-state index contributed by atoms with van der Waals surface area (Å²) in [4.78, 5) is 33.7. The van der Waals surface area contributed by atoms with Gasteiger partial charge in [-0.15, -0.1) is 5.10 Å². The Labute approximate surface area is 235 Å². The molecule has 1 saturated carbocycles. The van der Waals surface area contributed by atoms with Crippen LogP contribution in [0.5, 0.6) is 5.88 Å². The van der Waals surface area contributed by atoms with Gasteiger partial charge in [0.05, 0.1) is 22.8 Å². The molecule has 2 atom stereocenters. The highest BCUT2D eigenvalue weighted by molar-refractivity contribution is 14.1. The fraction of sp³-hybridized carbons (Fsp3) is 0.429. The lowest BCUT2D eigenvalue weighted by Gasteiger charge is -2.28. The summed E-state index contributed by atoms with van der Waals surface area (Å²) in [5.74, 6) is 4.64. The Morgan fingerprint density at radius 1 is 1.21 bits per heavy atom. The van der Waals surface area contributed by atoms with Crippen LogP contribution < -0.4 is 14.5 Å². The van der Waals surface area contributed by atoms with Gasteiger partial charge in [0.15, 0.2) is 5.52 Å². The van der Waals surface area contributed by atoms with Gasteiger partial charge in [-0.25, -0.2) is 4.98 Å². The fourth-order valence-electron chi connectivity index (χ4n) is 5.28. The number of aliphatic carboxylic acids is 1. The van der Waals surface area contributed by atoms with Crippen molar-refractivity contribution >= 4 is 62.7 Å². The minimum atomic E-state index is -0.796. The van der Waals surface area contributed by atoms with Crippen LogP contribution in [0, 0.1) is 28.3 Å². The predicted molar refractivity (Wildman–Crippen MR) is 154 cm³/mol. The number of carboxylic acids is 1. The number of ether oxygens (including phenoxy) is 1. The average Bonchev–Trinajstić information content (AvgIpc) is 3.63. The van der Waals surface area contributed by atoms with Crippen molar-refractivity contribution in [3.8, 4) is 17.7 Å². The second-order valence-electron chi connectivity index (χ2n) is 9.85. The smallest absolute Gasteiger partial charge is 0.308 e. The molecule has 2 fully saturated rings. The van der Waals surface area contributed by atoms with E-state index in [1.807, 2.05) is 26.1 Å². The molecule has 10 heteroatoms. The van der Waals surface area contributed by atoms with Gasteiger partial charge in [-0.2, -0.15) is 0 Å². The third-order valence-corrected chi connectivity index (χ3v) is 8.43. The van der Waals surface area contributed by atoms with Gasteiger partial charge in [0.1, 0.15) is 11.9 Å². The van der Waals surface area contributed by atoms with Crippen molar-refractivity contribution in [2.75, 3.05) is 22.9 Å². The van der Waals surface area contributed by atoms with Crippen molar-refractivity contribution in [2.45, 2.75) is 52.1 Å². The van der Waals surface area contributed by atoms with E-state index in [1.54, 1.807) is 22.6 Å². The first-order chi connectivity index (χ1) is 18.3. The zero-order chi connectivity index (χ0) is 27.0. The summed E-state index contributed by atoms with van der Waals surface area (Å²) in [6, 6.07) is 7.84. The summed E-state index contributed by atoms with van der Waals surface area (Å²) in [6.45, 7) is 5.54. The molecule has 0 unspecified atom stereocenters. The zero-order valence-electron chi connectivity index (χ0n) is 21.7. The lowest BCUT2D eigenvalue weighted by atomic mass is 10.1. The maximum absolute atomic E-state index is 13.5. The van der Waals surface area contributed by atoms with Crippen molar-refractivity contribution in [2.24, 2.45) is 13.0 Å². The van der Waals surface area contributed by atoms with E-state index in [9.17, 15) is 14.7 Å². The Morgan fingerprint density at radius 3 is 2.66 bits per heavy atom. The number of carboxylic acid groups (broad SMARTS) is 1. The SMILES string of the molecule is CC#CC(=O)N(c1ccc2c(n1)c(O[C@@H]1CC[C@@H](C(=O)O)C1)nn2C)c1cc(C)c(I)cc1N1CCCC1. The number of benzene rings is 1. The van der Waals surface area contributed by atoms with E-state index in [-0.39, 0.29) is 12.0 Å². The highest BCUT2D eigenvalue weighted by Crippen LogP contribution is 2.39. The molecule has 9 nitrogen and oxygen atoms in total. The van der Waals surface area contributed by atoms with E-state index in [1.165, 1.54) is 0 Å². The van der Waals surface area contributed by atoms with Crippen molar-refractivity contribution in [1.29, 1.82) is 0 Å². The van der Waals surface area contributed by atoms with E-state index in [2.05, 4.69) is 50.5 Å². The quantitative estimate of drug-likeness (QED) is 0.310.